The second kappa shape index (κ2) is 5.73. The first-order chi connectivity index (χ1) is 9.21. The fourth-order valence-corrected chi connectivity index (χ4v) is 5.58. The molecule has 0 saturated carbocycles. The average molecular weight is 317 g/mol. The number of hydrogen-bond acceptors (Lipinski definition) is 5. The van der Waals surface area contributed by atoms with E-state index in [1.807, 2.05) is 0 Å². The Balaban J connectivity index is 2.06. The van der Waals surface area contributed by atoms with Gasteiger partial charge in [0.2, 0.25) is 0 Å². The summed E-state index contributed by atoms with van der Waals surface area (Å²) in [5, 5.41) is 12.6. The van der Waals surface area contributed by atoms with E-state index in [-0.39, 0.29) is 35.4 Å². The van der Waals surface area contributed by atoms with Crippen LogP contribution in [0.2, 0.25) is 0 Å². The van der Waals surface area contributed by atoms with Crippen LogP contribution < -0.4 is 0 Å². The van der Waals surface area contributed by atoms with E-state index in [0.717, 1.165) is 10.7 Å². The lowest BCUT2D eigenvalue weighted by atomic mass is 9.90. The smallest absolute Gasteiger partial charge is 0.150 e. The fraction of sp³-hybridized carbons (Fsp3) is 0.786. The van der Waals surface area contributed by atoms with E-state index in [1.165, 1.54) is 0 Å². The van der Waals surface area contributed by atoms with Crippen LogP contribution in [0.15, 0.2) is 5.38 Å². The minimum absolute atomic E-state index is 0.00578. The lowest BCUT2D eigenvalue weighted by Crippen LogP contribution is -2.22. The van der Waals surface area contributed by atoms with Crippen molar-refractivity contribution in [2.75, 3.05) is 18.1 Å². The zero-order valence-corrected chi connectivity index (χ0v) is 13.9. The lowest BCUT2D eigenvalue weighted by molar-refractivity contribution is 0.184. The van der Waals surface area contributed by atoms with Gasteiger partial charge in [-0.05, 0) is 18.3 Å². The summed E-state index contributed by atoms with van der Waals surface area (Å²) in [5.74, 6) is 0.563. The van der Waals surface area contributed by atoms with Crippen molar-refractivity contribution in [2.45, 2.75) is 39.0 Å². The molecule has 1 aromatic heterocycles. The van der Waals surface area contributed by atoms with Crippen LogP contribution in [0.4, 0.5) is 0 Å². The van der Waals surface area contributed by atoms with Crippen LogP contribution in [0, 0.1) is 11.8 Å². The van der Waals surface area contributed by atoms with E-state index in [4.69, 9.17) is 0 Å². The molecule has 2 unspecified atom stereocenters. The first-order valence-corrected chi connectivity index (χ1v) is 9.67. The normalized spacial score (nSPS) is 23.9. The highest BCUT2D eigenvalue weighted by molar-refractivity contribution is 7.91. The summed E-state index contributed by atoms with van der Waals surface area (Å²) >= 11 is 1.61. The monoisotopic (exact) mass is 317 g/mol. The average Bonchev–Trinajstić information content (AvgIpc) is 2.91. The molecule has 114 valence electrons. The maximum Gasteiger partial charge on any atom is 0.150 e. The van der Waals surface area contributed by atoms with Gasteiger partial charge in [-0.15, -0.1) is 11.3 Å². The molecule has 1 N–H and O–H groups in total. The van der Waals surface area contributed by atoms with E-state index in [1.54, 1.807) is 11.3 Å². The van der Waals surface area contributed by atoms with Gasteiger partial charge in [0.1, 0.15) is 0 Å². The van der Waals surface area contributed by atoms with Gasteiger partial charge in [-0.2, -0.15) is 0 Å². The molecule has 0 aliphatic carbocycles. The first kappa shape index (κ1) is 15.9. The summed E-state index contributed by atoms with van der Waals surface area (Å²) in [6.07, 6.45) is 1.35. The van der Waals surface area contributed by atoms with Crippen molar-refractivity contribution in [1.29, 1.82) is 0 Å². The number of hydrogen-bond donors (Lipinski definition) is 1. The largest absolute Gasteiger partial charge is 0.396 e. The molecular weight excluding hydrogens is 294 g/mol. The van der Waals surface area contributed by atoms with E-state index in [9.17, 15) is 13.5 Å². The minimum atomic E-state index is -2.89. The first-order valence-electron chi connectivity index (χ1n) is 6.97. The van der Waals surface area contributed by atoms with Crippen molar-refractivity contribution in [2.24, 2.45) is 11.8 Å². The van der Waals surface area contributed by atoms with Crippen molar-refractivity contribution >= 4 is 21.2 Å². The van der Waals surface area contributed by atoms with Gasteiger partial charge in [-0.25, -0.2) is 13.4 Å². The third-order valence-corrected chi connectivity index (χ3v) is 6.59. The number of aliphatic hydroxyl groups excluding tert-OH is 1. The molecule has 1 saturated heterocycles. The van der Waals surface area contributed by atoms with Crippen molar-refractivity contribution in [3.8, 4) is 0 Å². The van der Waals surface area contributed by atoms with Crippen molar-refractivity contribution in [1.82, 2.24) is 4.98 Å². The van der Waals surface area contributed by atoms with Gasteiger partial charge in [0.15, 0.2) is 9.84 Å². The van der Waals surface area contributed by atoms with Crippen LogP contribution in [0.1, 0.15) is 37.9 Å². The molecule has 0 spiro atoms. The summed E-state index contributed by atoms with van der Waals surface area (Å²) in [6, 6.07) is 0. The summed E-state index contributed by atoms with van der Waals surface area (Å²) in [7, 11) is -2.89. The Morgan fingerprint density at radius 2 is 2.20 bits per heavy atom. The highest BCUT2D eigenvalue weighted by atomic mass is 32.2. The third kappa shape index (κ3) is 3.80. The van der Waals surface area contributed by atoms with Crippen LogP contribution in [0.25, 0.3) is 0 Å². The fourth-order valence-electron chi connectivity index (χ4n) is 2.55. The molecule has 1 aliphatic heterocycles. The predicted octanol–water partition coefficient (Wildman–Crippen LogP) is 2.03. The van der Waals surface area contributed by atoms with Crippen LogP contribution >= 0.6 is 11.3 Å². The molecule has 0 bridgehead atoms. The maximum atomic E-state index is 11.6. The highest BCUT2D eigenvalue weighted by Crippen LogP contribution is 2.30. The van der Waals surface area contributed by atoms with Crippen LogP contribution in [-0.2, 0) is 21.7 Å². The molecule has 4 nitrogen and oxygen atoms in total. The van der Waals surface area contributed by atoms with Gasteiger partial charge in [0, 0.05) is 23.8 Å². The standard InChI is InChI=1S/C14H23NO3S2/c1-14(2,3)12-8-19-13(15-12)6-11(7-16)10-4-5-20(17,18)9-10/h8,10-11,16H,4-7,9H2,1-3H3. The Morgan fingerprint density at radius 3 is 2.65 bits per heavy atom. The van der Waals surface area contributed by atoms with Crippen LogP contribution in [0.5, 0.6) is 0 Å². The van der Waals surface area contributed by atoms with Gasteiger partial charge < -0.3 is 5.11 Å². The maximum absolute atomic E-state index is 11.6. The van der Waals surface area contributed by atoms with Crippen LogP contribution in [-0.4, -0.2) is 36.6 Å². The zero-order chi connectivity index (χ0) is 15.0. The third-order valence-electron chi connectivity index (χ3n) is 3.93. The van der Waals surface area contributed by atoms with Crippen molar-refractivity contribution in [3.63, 3.8) is 0 Å². The second-order valence-corrected chi connectivity index (χ2v) is 9.86. The Morgan fingerprint density at radius 1 is 1.50 bits per heavy atom. The van der Waals surface area contributed by atoms with Crippen molar-refractivity contribution < 1.29 is 13.5 Å². The number of rotatable bonds is 4. The number of thiazole rings is 1. The van der Waals surface area contributed by atoms with Crippen molar-refractivity contribution in [3.05, 3.63) is 16.1 Å². The van der Waals surface area contributed by atoms with E-state index in [0.29, 0.717) is 12.8 Å². The topological polar surface area (TPSA) is 67.3 Å². The second-order valence-electron chi connectivity index (χ2n) is 6.69. The number of sulfone groups is 1. The number of nitrogens with zero attached hydrogens (tertiary/aromatic N) is 1. The quantitative estimate of drug-likeness (QED) is 0.922. The minimum Gasteiger partial charge on any atom is -0.396 e. The molecule has 2 atom stereocenters. The molecule has 1 fully saturated rings. The Labute approximate surface area is 125 Å². The summed E-state index contributed by atoms with van der Waals surface area (Å²) in [5.41, 5.74) is 1.09. The molecule has 6 heteroatoms. The summed E-state index contributed by atoms with van der Waals surface area (Å²) < 4.78 is 23.1. The van der Waals surface area contributed by atoms with E-state index >= 15 is 0 Å². The zero-order valence-electron chi connectivity index (χ0n) is 12.3. The molecule has 0 aromatic carbocycles. The molecule has 1 aromatic rings. The van der Waals surface area contributed by atoms with Gasteiger partial charge in [-0.1, -0.05) is 20.8 Å². The molecule has 0 amide bonds. The molecule has 20 heavy (non-hydrogen) atoms. The van der Waals surface area contributed by atoms with Crippen LogP contribution in [0.3, 0.4) is 0 Å². The summed E-state index contributed by atoms with van der Waals surface area (Å²) in [4.78, 5) is 4.63. The van der Waals surface area contributed by atoms with Gasteiger partial charge >= 0.3 is 0 Å². The summed E-state index contributed by atoms with van der Waals surface area (Å²) in [6.45, 7) is 6.40. The van der Waals surface area contributed by atoms with Gasteiger partial charge in [-0.3, -0.25) is 0 Å². The molecule has 2 heterocycles. The number of aliphatic hydroxyl groups is 1. The van der Waals surface area contributed by atoms with E-state index in [2.05, 4.69) is 31.1 Å². The molecule has 0 radical (unpaired) electrons. The molecule has 2 rings (SSSR count). The Hall–Kier alpha value is -0.460. The van der Waals surface area contributed by atoms with E-state index < -0.39 is 9.84 Å². The Kier molecular flexibility index (Phi) is 4.56. The highest BCUT2D eigenvalue weighted by Gasteiger charge is 2.34. The number of aromatic nitrogens is 1. The SMILES string of the molecule is CC(C)(C)c1csc(CC(CO)C2CCS(=O)(=O)C2)n1. The molecule has 1 aliphatic rings. The van der Waals surface area contributed by atoms with Gasteiger partial charge in [0.25, 0.3) is 0 Å². The van der Waals surface area contributed by atoms with Gasteiger partial charge in [0.05, 0.1) is 22.2 Å². The lowest BCUT2D eigenvalue weighted by Gasteiger charge is -2.19. The molecular formula is C14H23NO3S2. The Bertz CT molecular complexity index is 557. The predicted molar refractivity (Wildman–Crippen MR) is 81.9 cm³/mol.